The molecular formula is C23H35FO7. The van der Waals surface area contributed by atoms with E-state index < -0.39 is 18.1 Å². The van der Waals surface area contributed by atoms with E-state index in [1.54, 1.807) is 0 Å². The minimum atomic E-state index is -1.17. The van der Waals surface area contributed by atoms with E-state index in [-0.39, 0.29) is 23.7 Å². The summed E-state index contributed by atoms with van der Waals surface area (Å²) in [5, 5.41) is 26.6. The van der Waals surface area contributed by atoms with Gasteiger partial charge in [0.05, 0.1) is 32.0 Å². The Morgan fingerprint density at radius 2 is 2.00 bits per heavy atom. The highest BCUT2D eigenvalue weighted by Crippen LogP contribution is 2.44. The Labute approximate surface area is 183 Å². The van der Waals surface area contributed by atoms with Crippen molar-refractivity contribution in [1.82, 2.24) is 0 Å². The number of hydrogen-bond acceptors (Lipinski definition) is 6. The van der Waals surface area contributed by atoms with E-state index in [1.165, 1.54) is 32.1 Å². The molecular weight excluding hydrogens is 407 g/mol. The van der Waals surface area contributed by atoms with Crippen molar-refractivity contribution in [2.75, 3.05) is 13.7 Å². The van der Waals surface area contributed by atoms with Crippen LogP contribution in [0.2, 0.25) is 0 Å². The number of aliphatic hydroxyl groups is 1. The highest BCUT2D eigenvalue weighted by Gasteiger charge is 2.40. The molecule has 8 heteroatoms. The molecule has 6 atom stereocenters. The van der Waals surface area contributed by atoms with E-state index >= 15 is 0 Å². The van der Waals surface area contributed by atoms with Gasteiger partial charge in [-0.25, -0.2) is 14.1 Å². The van der Waals surface area contributed by atoms with Crippen molar-refractivity contribution < 1.29 is 39.0 Å². The van der Waals surface area contributed by atoms with Crippen LogP contribution in [0.25, 0.3) is 0 Å². The smallest absolute Gasteiger partial charge is 0.335 e. The molecule has 2 unspecified atom stereocenters. The van der Waals surface area contributed by atoms with Crippen LogP contribution in [-0.2, 0) is 21.0 Å². The zero-order valence-corrected chi connectivity index (χ0v) is 18.5. The number of hydrogen-bond donors (Lipinski definition) is 3. The molecule has 1 saturated heterocycles. The topological polar surface area (TPSA) is 105 Å². The van der Waals surface area contributed by atoms with Gasteiger partial charge in [-0.3, -0.25) is 5.26 Å². The molecule has 1 aliphatic carbocycles. The van der Waals surface area contributed by atoms with E-state index in [1.807, 2.05) is 6.92 Å². The number of carboxylic acids is 1. The third-order valence-corrected chi connectivity index (χ3v) is 6.62. The lowest BCUT2D eigenvalue weighted by atomic mass is 9.66. The quantitative estimate of drug-likeness (QED) is 0.342. The molecule has 2 fully saturated rings. The Balaban J connectivity index is 0.00000107. The molecule has 1 saturated carbocycles. The molecule has 176 valence electrons. The lowest BCUT2D eigenvalue weighted by molar-refractivity contribution is -0.214. The Morgan fingerprint density at radius 1 is 1.29 bits per heavy atom. The monoisotopic (exact) mass is 442 g/mol. The van der Waals surface area contributed by atoms with Crippen molar-refractivity contribution in [3.63, 3.8) is 0 Å². The van der Waals surface area contributed by atoms with E-state index in [0.29, 0.717) is 23.9 Å². The Kier molecular flexibility index (Phi) is 10.3. The number of carbonyl (C=O) groups is 1. The lowest BCUT2D eigenvalue weighted by Crippen LogP contribution is -2.39. The predicted octanol–water partition coefficient (Wildman–Crippen LogP) is 4.33. The van der Waals surface area contributed by atoms with E-state index in [9.17, 15) is 14.3 Å². The second kappa shape index (κ2) is 12.5. The Morgan fingerprint density at radius 3 is 2.65 bits per heavy atom. The van der Waals surface area contributed by atoms with Gasteiger partial charge in [0, 0.05) is 11.5 Å². The van der Waals surface area contributed by atoms with Gasteiger partial charge >= 0.3 is 5.97 Å². The van der Waals surface area contributed by atoms with Crippen LogP contribution in [-0.4, -0.2) is 47.6 Å². The lowest BCUT2D eigenvalue weighted by Gasteiger charge is -2.41. The van der Waals surface area contributed by atoms with Gasteiger partial charge in [-0.05, 0) is 56.1 Å². The maximum Gasteiger partial charge on any atom is 0.335 e. The Hall–Kier alpha value is -1.58. The van der Waals surface area contributed by atoms with Crippen LogP contribution in [0.1, 0.15) is 61.9 Å². The first-order valence-corrected chi connectivity index (χ1v) is 10.9. The maximum atomic E-state index is 14.1. The summed E-state index contributed by atoms with van der Waals surface area (Å²) in [5.74, 6) is -0.502. The average molecular weight is 443 g/mol. The minimum Gasteiger partial charge on any atom is -0.478 e. The molecule has 2 aliphatic rings. The zero-order chi connectivity index (χ0) is 23.0. The molecule has 7 nitrogen and oxygen atoms in total. The molecule has 1 heterocycles. The second-order valence-electron chi connectivity index (χ2n) is 8.59. The summed E-state index contributed by atoms with van der Waals surface area (Å²) in [6, 6.07) is 3.72. The zero-order valence-electron chi connectivity index (χ0n) is 18.5. The summed E-state index contributed by atoms with van der Waals surface area (Å²) < 4.78 is 25.6. The number of ether oxygens (including phenoxy) is 2. The predicted molar refractivity (Wildman–Crippen MR) is 112 cm³/mol. The van der Waals surface area contributed by atoms with Crippen LogP contribution >= 0.6 is 0 Å². The molecule has 31 heavy (non-hydrogen) atoms. The summed E-state index contributed by atoms with van der Waals surface area (Å²) >= 11 is 0. The number of halogens is 1. The number of carboxylic acid groups (broad SMARTS) is 1. The molecule has 0 spiro atoms. The average Bonchev–Trinajstić information content (AvgIpc) is 2.94. The molecule has 1 aliphatic heterocycles. The SMILES string of the molecule is CC1CC[C@H]2CCC[C@@H]([C@@H](C)[C@H](O)OCc3ccc(C(=O)O)cc3F)C2CO1.COO. The molecule has 1 aromatic carbocycles. The first-order chi connectivity index (χ1) is 14.8. The van der Waals surface area contributed by atoms with Crippen molar-refractivity contribution in [2.24, 2.45) is 23.7 Å². The van der Waals surface area contributed by atoms with Crippen molar-refractivity contribution in [3.05, 3.63) is 35.1 Å². The third-order valence-electron chi connectivity index (χ3n) is 6.62. The fraction of sp³-hybridized carbons (Fsp3) is 0.696. The Bertz CT molecular complexity index is 699. The van der Waals surface area contributed by atoms with Crippen molar-refractivity contribution >= 4 is 5.97 Å². The van der Waals surface area contributed by atoms with Gasteiger partial charge in [0.1, 0.15) is 5.82 Å². The molecule has 0 aromatic heterocycles. The molecule has 0 radical (unpaired) electrons. The van der Waals surface area contributed by atoms with Crippen molar-refractivity contribution in [2.45, 2.75) is 65.0 Å². The van der Waals surface area contributed by atoms with E-state index in [0.717, 1.165) is 31.9 Å². The molecule has 1 aromatic rings. The van der Waals surface area contributed by atoms with Crippen LogP contribution in [0.5, 0.6) is 0 Å². The van der Waals surface area contributed by atoms with Gasteiger partial charge in [0.25, 0.3) is 0 Å². The van der Waals surface area contributed by atoms with E-state index in [2.05, 4.69) is 11.8 Å². The fourth-order valence-corrected chi connectivity index (χ4v) is 4.81. The number of benzene rings is 1. The summed E-state index contributed by atoms with van der Waals surface area (Å²) in [4.78, 5) is 14.2. The largest absolute Gasteiger partial charge is 0.478 e. The normalized spacial score (nSPS) is 27.8. The highest BCUT2D eigenvalue weighted by atomic mass is 19.1. The van der Waals surface area contributed by atoms with Crippen LogP contribution < -0.4 is 0 Å². The van der Waals surface area contributed by atoms with Gasteiger partial charge in [-0.1, -0.05) is 25.8 Å². The van der Waals surface area contributed by atoms with Crippen molar-refractivity contribution in [1.29, 1.82) is 0 Å². The first-order valence-electron chi connectivity index (χ1n) is 10.9. The third kappa shape index (κ3) is 7.22. The van der Waals surface area contributed by atoms with Crippen LogP contribution in [0.4, 0.5) is 4.39 Å². The van der Waals surface area contributed by atoms with E-state index in [4.69, 9.17) is 19.8 Å². The second-order valence-corrected chi connectivity index (χ2v) is 8.59. The standard InChI is InChI=1S/C22H31FO5.CH4O2/c1-13-6-7-15-4-3-5-18(19(15)12-27-13)14(2)22(26)28-11-17-9-8-16(21(24)25)10-20(17)23;1-3-2/h8-10,13-15,18-19,22,26H,3-7,11-12H2,1-2H3,(H,24,25);2H,1H3/t13?,14-,15-,18+,19?,22-;/m1./s1. The summed E-state index contributed by atoms with van der Waals surface area (Å²) in [5.41, 5.74) is 0.135. The van der Waals surface area contributed by atoms with Crippen LogP contribution in [0, 0.1) is 29.5 Å². The number of rotatable bonds is 6. The molecule has 3 N–H and O–H groups in total. The van der Waals surface area contributed by atoms with Crippen LogP contribution in [0.3, 0.4) is 0 Å². The highest BCUT2D eigenvalue weighted by molar-refractivity contribution is 5.87. The summed E-state index contributed by atoms with van der Waals surface area (Å²) in [7, 11) is 1.18. The minimum absolute atomic E-state index is 0.0776. The van der Waals surface area contributed by atoms with Gasteiger partial charge < -0.3 is 19.7 Å². The van der Waals surface area contributed by atoms with Gasteiger partial charge in [-0.2, -0.15) is 0 Å². The maximum absolute atomic E-state index is 14.1. The van der Waals surface area contributed by atoms with Crippen molar-refractivity contribution in [3.8, 4) is 0 Å². The first kappa shape index (κ1) is 25.7. The number of aromatic carboxylic acids is 1. The van der Waals surface area contributed by atoms with Gasteiger partial charge in [0.2, 0.25) is 0 Å². The van der Waals surface area contributed by atoms with Crippen LogP contribution in [0.15, 0.2) is 18.2 Å². The molecule has 0 amide bonds. The number of fused-ring (bicyclic) bond motifs is 1. The molecule has 3 rings (SSSR count). The molecule has 0 bridgehead atoms. The number of aliphatic hydroxyl groups excluding tert-OH is 1. The summed E-state index contributed by atoms with van der Waals surface area (Å²) in [6.07, 6.45) is 4.98. The fourth-order valence-electron chi connectivity index (χ4n) is 4.81. The summed E-state index contributed by atoms with van der Waals surface area (Å²) in [6.45, 7) is 4.76. The van der Waals surface area contributed by atoms with Gasteiger partial charge in [0.15, 0.2) is 6.29 Å². The van der Waals surface area contributed by atoms with Gasteiger partial charge in [-0.15, -0.1) is 0 Å².